The van der Waals surface area contributed by atoms with E-state index in [9.17, 15) is 14.4 Å². The maximum Gasteiger partial charge on any atom is 0.265 e. The number of ether oxygens (including phenoxy) is 1. The molecule has 1 aliphatic rings. The van der Waals surface area contributed by atoms with Crippen LogP contribution in [0.15, 0.2) is 53.9 Å². The number of benzene rings is 2. The second-order valence-electron chi connectivity index (χ2n) is 6.65. The van der Waals surface area contributed by atoms with Crippen LogP contribution in [-0.2, 0) is 16.0 Å². The lowest BCUT2D eigenvalue weighted by Gasteiger charge is -2.23. The van der Waals surface area contributed by atoms with E-state index < -0.39 is 6.10 Å². The molecule has 152 valence electrons. The highest BCUT2D eigenvalue weighted by atomic mass is 32.1. The molecule has 3 aromatic rings. The van der Waals surface area contributed by atoms with Gasteiger partial charge >= 0.3 is 0 Å². The molecule has 1 atom stereocenters. The molecule has 0 spiro atoms. The molecule has 2 aromatic carbocycles. The quantitative estimate of drug-likeness (QED) is 0.585. The lowest BCUT2D eigenvalue weighted by atomic mass is 10.2. The molecule has 0 fully saturated rings. The van der Waals surface area contributed by atoms with Crippen molar-refractivity contribution in [3.63, 3.8) is 0 Å². The van der Waals surface area contributed by atoms with Crippen molar-refractivity contribution >= 4 is 45.6 Å². The molecular weight excluding hydrogens is 404 g/mol. The summed E-state index contributed by atoms with van der Waals surface area (Å²) in [4.78, 5) is 40.6. The highest BCUT2D eigenvalue weighted by Crippen LogP contribution is 2.32. The summed E-state index contributed by atoms with van der Waals surface area (Å²) in [6.45, 7) is 1.67. The molecule has 1 aromatic heterocycles. The molecule has 9 heteroatoms. The van der Waals surface area contributed by atoms with Crippen molar-refractivity contribution in [2.24, 2.45) is 0 Å². The first-order chi connectivity index (χ1) is 14.5. The molecular formula is C21H18N4O4S. The van der Waals surface area contributed by atoms with Gasteiger partial charge in [0.25, 0.3) is 11.8 Å². The molecule has 3 N–H and O–H groups in total. The smallest absolute Gasteiger partial charge is 0.265 e. The minimum atomic E-state index is -0.556. The van der Waals surface area contributed by atoms with E-state index in [0.717, 1.165) is 0 Å². The van der Waals surface area contributed by atoms with Crippen molar-refractivity contribution in [1.29, 1.82) is 0 Å². The highest BCUT2D eigenvalue weighted by molar-refractivity contribution is 7.14. The lowest BCUT2D eigenvalue weighted by molar-refractivity contribution is -0.122. The summed E-state index contributed by atoms with van der Waals surface area (Å²) in [7, 11) is 0. The van der Waals surface area contributed by atoms with Crippen LogP contribution in [0.25, 0.3) is 0 Å². The summed E-state index contributed by atoms with van der Waals surface area (Å²) < 4.78 is 5.50. The van der Waals surface area contributed by atoms with Gasteiger partial charge in [-0.1, -0.05) is 18.2 Å². The number of amides is 3. The van der Waals surface area contributed by atoms with Crippen molar-refractivity contribution in [3.8, 4) is 5.75 Å². The summed E-state index contributed by atoms with van der Waals surface area (Å²) in [5, 5.41) is 10.4. The van der Waals surface area contributed by atoms with Gasteiger partial charge in [0.05, 0.1) is 17.8 Å². The minimum absolute atomic E-state index is 0.0503. The van der Waals surface area contributed by atoms with Gasteiger partial charge in [0.2, 0.25) is 5.91 Å². The SMILES string of the molecule is C[C@@H]1Oc2ccc(NC(=O)Cc3csc(NC(=O)c4ccccc4)n3)cc2NC1=O. The number of aromatic nitrogens is 1. The van der Waals surface area contributed by atoms with Crippen LogP contribution in [0.4, 0.5) is 16.5 Å². The van der Waals surface area contributed by atoms with Crippen LogP contribution in [-0.4, -0.2) is 28.8 Å². The fraction of sp³-hybridized carbons (Fsp3) is 0.143. The van der Waals surface area contributed by atoms with Crippen molar-refractivity contribution in [2.75, 3.05) is 16.0 Å². The topological polar surface area (TPSA) is 109 Å². The van der Waals surface area contributed by atoms with E-state index in [2.05, 4.69) is 20.9 Å². The first-order valence-electron chi connectivity index (χ1n) is 9.20. The van der Waals surface area contributed by atoms with E-state index in [1.165, 1.54) is 11.3 Å². The summed E-state index contributed by atoms with van der Waals surface area (Å²) in [5.74, 6) is -0.205. The Bertz CT molecular complexity index is 1110. The van der Waals surface area contributed by atoms with Gasteiger partial charge in [-0.15, -0.1) is 11.3 Å². The van der Waals surface area contributed by atoms with Gasteiger partial charge in [-0.05, 0) is 37.3 Å². The van der Waals surface area contributed by atoms with Crippen molar-refractivity contribution in [2.45, 2.75) is 19.4 Å². The fourth-order valence-electron chi connectivity index (χ4n) is 2.86. The molecule has 0 aliphatic carbocycles. The van der Waals surface area contributed by atoms with E-state index in [1.807, 2.05) is 6.07 Å². The van der Waals surface area contributed by atoms with Gasteiger partial charge < -0.3 is 15.4 Å². The third-order valence-corrected chi connectivity index (χ3v) is 5.15. The molecule has 0 radical (unpaired) electrons. The second kappa shape index (κ2) is 8.34. The Morgan fingerprint density at radius 1 is 1.17 bits per heavy atom. The second-order valence-corrected chi connectivity index (χ2v) is 7.51. The first kappa shape index (κ1) is 19.6. The highest BCUT2D eigenvalue weighted by Gasteiger charge is 2.23. The molecule has 0 saturated carbocycles. The van der Waals surface area contributed by atoms with Gasteiger partial charge in [-0.3, -0.25) is 19.7 Å². The van der Waals surface area contributed by atoms with Crippen LogP contribution in [0.5, 0.6) is 5.75 Å². The zero-order valence-corrected chi connectivity index (χ0v) is 16.8. The molecule has 1 aliphatic heterocycles. The summed E-state index contributed by atoms with van der Waals surface area (Å²) in [6, 6.07) is 13.9. The van der Waals surface area contributed by atoms with E-state index in [0.29, 0.717) is 33.5 Å². The predicted molar refractivity (Wildman–Crippen MR) is 114 cm³/mol. The van der Waals surface area contributed by atoms with Crippen LogP contribution in [0.2, 0.25) is 0 Å². The lowest BCUT2D eigenvalue weighted by Crippen LogP contribution is -2.34. The van der Waals surface area contributed by atoms with E-state index in [1.54, 1.807) is 54.8 Å². The van der Waals surface area contributed by atoms with Gasteiger partial charge in [0.1, 0.15) is 5.75 Å². The van der Waals surface area contributed by atoms with Gasteiger partial charge in [0, 0.05) is 16.6 Å². The number of hydrogen-bond acceptors (Lipinski definition) is 6. The number of carbonyl (C=O) groups is 3. The minimum Gasteiger partial charge on any atom is -0.479 e. The molecule has 4 rings (SSSR count). The summed E-state index contributed by atoms with van der Waals surface area (Å²) in [6.07, 6.45) is -0.506. The zero-order chi connectivity index (χ0) is 21.1. The molecule has 2 heterocycles. The number of rotatable bonds is 5. The monoisotopic (exact) mass is 422 g/mol. The molecule has 8 nitrogen and oxygen atoms in total. The van der Waals surface area contributed by atoms with Crippen LogP contribution in [0, 0.1) is 0 Å². The maximum atomic E-state index is 12.4. The molecule has 0 saturated heterocycles. The average Bonchev–Trinajstić information content (AvgIpc) is 3.16. The van der Waals surface area contributed by atoms with Gasteiger partial charge in [-0.25, -0.2) is 4.98 Å². The summed E-state index contributed by atoms with van der Waals surface area (Å²) >= 11 is 1.25. The standard InChI is InChI=1S/C21H18N4O4S/c1-12-19(27)24-16-9-14(7-8-17(16)29-12)22-18(26)10-15-11-30-21(23-15)25-20(28)13-5-3-2-4-6-13/h2-9,11-12H,10H2,1H3,(H,22,26)(H,24,27)(H,23,25,28)/t12-/m0/s1. The number of carbonyl (C=O) groups excluding carboxylic acids is 3. The summed E-state index contributed by atoms with van der Waals surface area (Å²) in [5.41, 5.74) is 2.12. The Kier molecular flexibility index (Phi) is 5.44. The molecule has 0 unspecified atom stereocenters. The number of hydrogen-bond donors (Lipinski definition) is 3. The fourth-order valence-corrected chi connectivity index (χ4v) is 3.57. The largest absolute Gasteiger partial charge is 0.479 e. The van der Waals surface area contributed by atoms with Crippen molar-refractivity contribution in [3.05, 3.63) is 65.2 Å². The average molecular weight is 422 g/mol. The Morgan fingerprint density at radius 3 is 2.77 bits per heavy atom. The van der Waals surface area contributed by atoms with Gasteiger partial charge in [0.15, 0.2) is 11.2 Å². The number of nitrogens with one attached hydrogen (secondary N) is 3. The molecule has 3 amide bonds. The number of anilines is 3. The molecule has 0 bridgehead atoms. The van der Waals surface area contributed by atoms with E-state index >= 15 is 0 Å². The third kappa shape index (κ3) is 4.47. The Balaban J connectivity index is 1.35. The Labute approximate surface area is 176 Å². The van der Waals surface area contributed by atoms with Crippen LogP contribution < -0.4 is 20.7 Å². The maximum absolute atomic E-state index is 12.4. The van der Waals surface area contributed by atoms with Gasteiger partial charge in [-0.2, -0.15) is 0 Å². The third-order valence-electron chi connectivity index (χ3n) is 4.34. The molecule has 30 heavy (non-hydrogen) atoms. The normalized spacial score (nSPS) is 14.8. The van der Waals surface area contributed by atoms with Crippen molar-refractivity contribution in [1.82, 2.24) is 4.98 Å². The van der Waals surface area contributed by atoms with Crippen LogP contribution >= 0.6 is 11.3 Å². The number of thiazole rings is 1. The number of nitrogens with zero attached hydrogens (tertiary/aromatic N) is 1. The Hall–Kier alpha value is -3.72. The van der Waals surface area contributed by atoms with Crippen LogP contribution in [0.1, 0.15) is 23.0 Å². The van der Waals surface area contributed by atoms with E-state index in [4.69, 9.17) is 4.74 Å². The van der Waals surface area contributed by atoms with Crippen LogP contribution in [0.3, 0.4) is 0 Å². The zero-order valence-electron chi connectivity index (χ0n) is 16.0. The number of fused-ring (bicyclic) bond motifs is 1. The Morgan fingerprint density at radius 2 is 1.97 bits per heavy atom. The van der Waals surface area contributed by atoms with E-state index in [-0.39, 0.29) is 24.1 Å². The predicted octanol–water partition coefficient (Wildman–Crippen LogP) is 3.30. The first-order valence-corrected chi connectivity index (χ1v) is 10.1. The van der Waals surface area contributed by atoms with Crippen molar-refractivity contribution < 1.29 is 19.1 Å².